The van der Waals surface area contributed by atoms with E-state index in [0.717, 1.165) is 16.8 Å². The quantitative estimate of drug-likeness (QED) is 0.129. The van der Waals surface area contributed by atoms with Crippen molar-refractivity contribution in [2.45, 2.75) is 57.7 Å². The van der Waals surface area contributed by atoms with E-state index in [9.17, 15) is 27.1 Å². The number of benzene rings is 2. The molecule has 2 atom stereocenters. The average Bonchev–Trinajstić information content (AvgIpc) is 3.65. The van der Waals surface area contributed by atoms with E-state index in [-0.39, 0.29) is 41.2 Å². The molecule has 0 spiro atoms. The number of carbonyl (C=O) groups excluding carboxylic acids is 1. The number of nitrogens with two attached hydrogens (primary N) is 1. The predicted molar refractivity (Wildman–Crippen MR) is 192 cm³/mol. The van der Waals surface area contributed by atoms with Gasteiger partial charge in [-0.3, -0.25) is 18.9 Å². The molecule has 3 heterocycles. The number of halogens is 4. The summed E-state index contributed by atoms with van der Waals surface area (Å²) in [6, 6.07) is 9.76. The number of aryl methyl sites for hydroxylation is 2. The lowest BCUT2D eigenvalue weighted by Gasteiger charge is -2.23. The predicted octanol–water partition coefficient (Wildman–Crippen LogP) is 4.15. The molecule has 1 amide bonds. The van der Waals surface area contributed by atoms with E-state index < -0.39 is 63.5 Å². The van der Waals surface area contributed by atoms with Gasteiger partial charge < -0.3 is 10.4 Å². The van der Waals surface area contributed by atoms with Crippen LogP contribution >= 0.6 is 0 Å². The SMILES string of the molecule is C#CC1Cc2c(C)nn(CC(=O)NC(Cc3cc(F)cc(F)c3)c3nc(C#CC(C)(C)O)ccc3-c3cccc4c(NS(N)(=O)=O)nn(C)c34)c2C1(F)F. The van der Waals surface area contributed by atoms with Crippen molar-refractivity contribution in [1.29, 1.82) is 0 Å². The highest BCUT2D eigenvalue weighted by molar-refractivity contribution is 7.90. The second-order valence-electron chi connectivity index (χ2n) is 13.5. The molecular weight excluding hydrogens is 729 g/mol. The Morgan fingerprint density at radius 3 is 2.50 bits per heavy atom. The fraction of sp³-hybridized carbons (Fsp3) is 0.297. The number of nitrogens with one attached hydrogen (secondary N) is 2. The van der Waals surface area contributed by atoms with Crippen LogP contribution in [0.2, 0.25) is 0 Å². The maximum atomic E-state index is 15.4. The lowest BCUT2D eigenvalue weighted by atomic mass is 9.93. The smallest absolute Gasteiger partial charge is 0.303 e. The number of alkyl halides is 2. The van der Waals surface area contributed by atoms with Crippen LogP contribution in [0.25, 0.3) is 22.0 Å². The largest absolute Gasteiger partial charge is 0.378 e. The molecule has 0 aliphatic heterocycles. The van der Waals surface area contributed by atoms with Gasteiger partial charge in [0.1, 0.15) is 35.2 Å². The van der Waals surface area contributed by atoms with Gasteiger partial charge in [-0.15, -0.1) is 6.42 Å². The van der Waals surface area contributed by atoms with E-state index in [1.807, 2.05) is 0 Å². The number of fused-ring (bicyclic) bond motifs is 2. The number of anilines is 1. The van der Waals surface area contributed by atoms with Gasteiger partial charge in [0.05, 0.1) is 28.9 Å². The number of carbonyl (C=O) groups is 1. The summed E-state index contributed by atoms with van der Waals surface area (Å²) >= 11 is 0. The molecule has 280 valence electrons. The Balaban J connectivity index is 1.51. The van der Waals surface area contributed by atoms with E-state index in [2.05, 4.69) is 38.0 Å². The lowest BCUT2D eigenvalue weighted by Crippen LogP contribution is -2.35. The Hall–Kier alpha value is -5.75. The standard InChI is InChI=1S/C37H34F4N8O4S/c1-6-22-17-29-20(2)45-49(34(29)37(22,40)41)19-31(50)44-30(16-21-14-23(38)18-24(39)15-21)32-26(11-10-25(43-32)12-13-36(3,4)51)27-8-7-9-28-33(27)48(5)46-35(28)47-54(42,52)53/h1,7-11,14-15,18,22,30,51H,16-17,19H2,2-5H3,(H,44,50)(H,46,47)(H2,42,52,53). The Labute approximate surface area is 308 Å². The van der Waals surface area contributed by atoms with Crippen LogP contribution in [0.4, 0.5) is 23.4 Å². The van der Waals surface area contributed by atoms with Gasteiger partial charge in [-0.1, -0.05) is 24.0 Å². The molecule has 12 nitrogen and oxygen atoms in total. The molecule has 6 rings (SSSR count). The van der Waals surface area contributed by atoms with Crippen molar-refractivity contribution in [3.63, 3.8) is 0 Å². The molecule has 1 aliphatic carbocycles. The van der Waals surface area contributed by atoms with Gasteiger partial charge in [-0.25, -0.2) is 18.9 Å². The molecule has 0 bridgehead atoms. The number of pyridine rings is 1. The van der Waals surface area contributed by atoms with E-state index in [1.54, 1.807) is 44.3 Å². The highest BCUT2D eigenvalue weighted by Gasteiger charge is 2.52. The zero-order valence-electron chi connectivity index (χ0n) is 29.4. The Kier molecular flexibility index (Phi) is 9.78. The zero-order chi connectivity index (χ0) is 39.3. The molecule has 2 unspecified atom stereocenters. The molecule has 17 heteroatoms. The molecule has 0 radical (unpaired) electrons. The van der Waals surface area contributed by atoms with Crippen LogP contribution in [0.1, 0.15) is 53.8 Å². The minimum atomic E-state index is -4.22. The van der Waals surface area contributed by atoms with Crippen LogP contribution in [0.3, 0.4) is 0 Å². The number of rotatable bonds is 9. The minimum Gasteiger partial charge on any atom is -0.378 e. The van der Waals surface area contributed by atoms with E-state index >= 15 is 8.78 Å². The number of aromatic nitrogens is 5. The first-order chi connectivity index (χ1) is 25.2. The third kappa shape index (κ3) is 7.79. The van der Waals surface area contributed by atoms with Crippen LogP contribution in [0, 0.1) is 48.7 Å². The summed E-state index contributed by atoms with van der Waals surface area (Å²) in [7, 11) is -2.65. The fourth-order valence-electron chi connectivity index (χ4n) is 6.59. The summed E-state index contributed by atoms with van der Waals surface area (Å²) in [5.74, 6) is 0.120. The van der Waals surface area contributed by atoms with Gasteiger partial charge in [0.2, 0.25) is 5.91 Å². The van der Waals surface area contributed by atoms with Crippen LogP contribution in [0.15, 0.2) is 48.5 Å². The first-order valence-corrected chi connectivity index (χ1v) is 18.0. The van der Waals surface area contributed by atoms with Crippen LogP contribution in [-0.4, -0.2) is 49.6 Å². The summed E-state index contributed by atoms with van der Waals surface area (Å²) in [4.78, 5) is 18.6. The van der Waals surface area contributed by atoms with Crippen molar-refractivity contribution in [3.05, 3.63) is 94.1 Å². The number of terminal acetylenes is 1. The molecule has 0 saturated carbocycles. The van der Waals surface area contributed by atoms with Gasteiger partial charge in [0.15, 0.2) is 5.82 Å². The molecule has 0 saturated heterocycles. The monoisotopic (exact) mass is 762 g/mol. The van der Waals surface area contributed by atoms with Crippen molar-refractivity contribution in [3.8, 4) is 35.3 Å². The van der Waals surface area contributed by atoms with E-state index in [4.69, 9.17) is 16.5 Å². The van der Waals surface area contributed by atoms with Gasteiger partial charge >= 0.3 is 5.92 Å². The number of para-hydroxylation sites is 1. The van der Waals surface area contributed by atoms with Crippen molar-refractivity contribution in [2.24, 2.45) is 18.1 Å². The van der Waals surface area contributed by atoms with Crippen LogP contribution < -0.4 is 15.2 Å². The highest BCUT2D eigenvalue weighted by atomic mass is 32.2. The van der Waals surface area contributed by atoms with E-state index in [1.165, 1.54) is 18.5 Å². The van der Waals surface area contributed by atoms with Crippen molar-refractivity contribution in [1.82, 2.24) is 29.9 Å². The Morgan fingerprint density at radius 2 is 1.85 bits per heavy atom. The van der Waals surface area contributed by atoms with Crippen molar-refractivity contribution >= 4 is 32.8 Å². The minimum absolute atomic E-state index is 0.0648. The molecule has 3 aromatic heterocycles. The third-order valence-corrected chi connectivity index (χ3v) is 9.23. The van der Waals surface area contributed by atoms with Crippen molar-refractivity contribution < 1.29 is 35.9 Å². The fourth-order valence-corrected chi connectivity index (χ4v) is 7.01. The Bertz CT molecular complexity index is 2520. The number of amides is 1. The first kappa shape index (κ1) is 38.0. The van der Waals surface area contributed by atoms with Crippen LogP contribution in [-0.2, 0) is 47.4 Å². The zero-order valence-corrected chi connectivity index (χ0v) is 30.2. The number of nitrogens with zero attached hydrogens (tertiary/aromatic N) is 5. The Morgan fingerprint density at radius 1 is 1.15 bits per heavy atom. The molecule has 54 heavy (non-hydrogen) atoms. The summed E-state index contributed by atoms with van der Waals surface area (Å²) in [5.41, 5.74) is 0.294. The van der Waals surface area contributed by atoms with Gasteiger partial charge in [0, 0.05) is 35.2 Å². The van der Waals surface area contributed by atoms with Gasteiger partial charge in [0.25, 0.3) is 10.2 Å². The molecule has 0 fully saturated rings. The third-order valence-electron chi connectivity index (χ3n) is 8.75. The normalized spacial score (nSPS) is 15.6. The summed E-state index contributed by atoms with van der Waals surface area (Å²) in [5, 5.41) is 27.2. The molecule has 2 aromatic carbocycles. The van der Waals surface area contributed by atoms with E-state index in [0.29, 0.717) is 33.8 Å². The lowest BCUT2D eigenvalue weighted by molar-refractivity contribution is -0.123. The molecule has 5 aromatic rings. The highest BCUT2D eigenvalue weighted by Crippen LogP contribution is 2.47. The van der Waals surface area contributed by atoms with Gasteiger partial charge in [-0.05, 0) is 75.4 Å². The van der Waals surface area contributed by atoms with Gasteiger partial charge in [-0.2, -0.15) is 27.4 Å². The number of aliphatic hydroxyl groups is 1. The molecule has 1 aliphatic rings. The topological polar surface area (TPSA) is 170 Å². The molecule has 5 N–H and O–H groups in total. The second-order valence-corrected chi connectivity index (χ2v) is 14.8. The second kappa shape index (κ2) is 13.9. The number of hydrogen-bond acceptors (Lipinski definition) is 7. The summed E-state index contributed by atoms with van der Waals surface area (Å²) < 4.78 is 88.2. The number of hydrogen-bond donors (Lipinski definition) is 4. The van der Waals surface area contributed by atoms with Crippen LogP contribution in [0.5, 0.6) is 0 Å². The average molecular weight is 763 g/mol. The van der Waals surface area contributed by atoms with Crippen molar-refractivity contribution in [2.75, 3.05) is 4.72 Å². The summed E-state index contributed by atoms with van der Waals surface area (Å²) in [6.07, 6.45) is 5.05. The maximum absolute atomic E-state index is 15.4. The summed E-state index contributed by atoms with van der Waals surface area (Å²) in [6.45, 7) is 3.82. The maximum Gasteiger partial charge on any atom is 0.303 e. The molecular formula is C37H34F4N8O4S. The first-order valence-electron chi connectivity index (χ1n) is 16.4.